The monoisotopic (exact) mass is 356 g/mol. The molecule has 0 saturated carbocycles. The minimum absolute atomic E-state index is 0.0170. The molecule has 1 aliphatic heterocycles. The average Bonchev–Trinajstić information content (AvgIpc) is 3.10. The molecule has 2 atom stereocenters. The summed E-state index contributed by atoms with van der Waals surface area (Å²) in [5.74, 6) is 0.547. The molecule has 1 amide bonds. The zero-order chi connectivity index (χ0) is 18.5. The van der Waals surface area contributed by atoms with Crippen LogP contribution in [0.25, 0.3) is 0 Å². The van der Waals surface area contributed by atoms with Gasteiger partial charge in [-0.15, -0.1) is 0 Å². The Balaban J connectivity index is 1.61. The third-order valence-corrected chi connectivity index (χ3v) is 4.94. The van der Waals surface area contributed by atoms with Gasteiger partial charge in [0.05, 0.1) is 19.7 Å². The molecule has 3 rings (SSSR count). The van der Waals surface area contributed by atoms with E-state index >= 15 is 0 Å². The highest BCUT2D eigenvalue weighted by Crippen LogP contribution is 2.33. The summed E-state index contributed by atoms with van der Waals surface area (Å²) in [4.78, 5) is 14.7. The Morgan fingerprint density at radius 2 is 2.08 bits per heavy atom. The van der Waals surface area contributed by atoms with Crippen molar-refractivity contribution in [1.82, 2.24) is 10.2 Å². The molecule has 1 heterocycles. The zero-order valence-corrected chi connectivity index (χ0v) is 15.2. The molecule has 5 heteroatoms. The maximum atomic E-state index is 13.0. The number of carbonyl (C=O) groups excluding carboxylic acids is 1. The lowest BCUT2D eigenvalue weighted by Crippen LogP contribution is -2.38. The lowest BCUT2D eigenvalue weighted by Gasteiger charge is -2.25. The first-order valence-corrected chi connectivity index (χ1v) is 8.99. The van der Waals surface area contributed by atoms with Gasteiger partial charge in [-0.25, -0.2) is 4.39 Å². The molecule has 1 N–H and O–H groups in total. The number of hydrogen-bond donors (Lipinski definition) is 1. The summed E-state index contributed by atoms with van der Waals surface area (Å²) in [7, 11) is 1.66. The lowest BCUT2D eigenvalue weighted by molar-refractivity contribution is -0.123. The van der Waals surface area contributed by atoms with Gasteiger partial charge in [-0.3, -0.25) is 9.69 Å². The second-order valence-corrected chi connectivity index (χ2v) is 6.75. The molecule has 0 bridgehead atoms. The van der Waals surface area contributed by atoms with Crippen LogP contribution in [-0.4, -0.2) is 31.0 Å². The summed E-state index contributed by atoms with van der Waals surface area (Å²) >= 11 is 0. The number of nitrogens with one attached hydrogen (secondary N) is 1. The maximum absolute atomic E-state index is 13.0. The molecular formula is C21H25FN2O2. The summed E-state index contributed by atoms with van der Waals surface area (Å²) in [6.45, 7) is 3.17. The van der Waals surface area contributed by atoms with Crippen molar-refractivity contribution < 1.29 is 13.9 Å². The van der Waals surface area contributed by atoms with Gasteiger partial charge in [0.25, 0.3) is 0 Å². The third kappa shape index (κ3) is 4.41. The van der Waals surface area contributed by atoms with Gasteiger partial charge in [0.1, 0.15) is 11.6 Å². The molecule has 0 spiro atoms. The summed E-state index contributed by atoms with van der Waals surface area (Å²) in [5, 5.41) is 3.01. The van der Waals surface area contributed by atoms with Gasteiger partial charge < -0.3 is 10.1 Å². The number of ether oxygens (including phenoxy) is 1. The summed E-state index contributed by atoms with van der Waals surface area (Å²) in [6, 6.07) is 14.4. The summed E-state index contributed by atoms with van der Waals surface area (Å²) in [5.41, 5.74) is 2.08. The Hall–Kier alpha value is -2.40. The molecule has 0 aromatic heterocycles. The number of hydrogen-bond acceptors (Lipinski definition) is 3. The van der Waals surface area contributed by atoms with Crippen LogP contribution in [0.5, 0.6) is 5.75 Å². The second kappa shape index (κ2) is 8.32. The molecule has 2 unspecified atom stereocenters. The molecular weight excluding hydrogens is 331 g/mol. The minimum atomic E-state index is -0.273. The fraction of sp³-hybridized carbons (Fsp3) is 0.381. The van der Waals surface area contributed by atoms with Crippen molar-refractivity contribution in [2.75, 3.05) is 20.2 Å². The molecule has 4 nitrogen and oxygen atoms in total. The van der Waals surface area contributed by atoms with Gasteiger partial charge in [0.15, 0.2) is 0 Å². The SMILES string of the molecule is COc1cccc(C2CCCN2CC(=O)NC(C)c2ccc(F)cc2)c1. The van der Waals surface area contributed by atoms with Crippen molar-refractivity contribution in [3.8, 4) is 5.75 Å². The van der Waals surface area contributed by atoms with Gasteiger partial charge in [0.2, 0.25) is 5.91 Å². The van der Waals surface area contributed by atoms with E-state index < -0.39 is 0 Å². The second-order valence-electron chi connectivity index (χ2n) is 6.75. The topological polar surface area (TPSA) is 41.6 Å². The van der Waals surface area contributed by atoms with Crippen molar-refractivity contribution in [2.24, 2.45) is 0 Å². The average molecular weight is 356 g/mol. The van der Waals surface area contributed by atoms with Crippen LogP contribution in [0.15, 0.2) is 48.5 Å². The molecule has 0 radical (unpaired) electrons. The van der Waals surface area contributed by atoms with Crippen molar-refractivity contribution in [3.63, 3.8) is 0 Å². The maximum Gasteiger partial charge on any atom is 0.234 e. The molecule has 2 aromatic carbocycles. The first kappa shape index (κ1) is 18.4. The van der Waals surface area contributed by atoms with Crippen LogP contribution in [-0.2, 0) is 4.79 Å². The van der Waals surface area contributed by atoms with Crippen LogP contribution in [0.2, 0.25) is 0 Å². The van der Waals surface area contributed by atoms with E-state index in [-0.39, 0.29) is 23.8 Å². The third-order valence-electron chi connectivity index (χ3n) is 4.94. The van der Waals surface area contributed by atoms with Crippen molar-refractivity contribution in [2.45, 2.75) is 31.8 Å². The van der Waals surface area contributed by atoms with E-state index in [2.05, 4.69) is 16.3 Å². The van der Waals surface area contributed by atoms with Crippen molar-refractivity contribution in [1.29, 1.82) is 0 Å². The number of carbonyl (C=O) groups is 1. The van der Waals surface area contributed by atoms with Gasteiger partial charge in [0, 0.05) is 6.04 Å². The van der Waals surface area contributed by atoms with Crippen molar-refractivity contribution in [3.05, 3.63) is 65.5 Å². The number of halogens is 1. The number of benzene rings is 2. The first-order valence-electron chi connectivity index (χ1n) is 8.99. The predicted molar refractivity (Wildman–Crippen MR) is 99.5 cm³/mol. The molecule has 1 saturated heterocycles. The Bertz CT molecular complexity index is 748. The highest BCUT2D eigenvalue weighted by molar-refractivity contribution is 5.78. The summed E-state index contributed by atoms with van der Waals surface area (Å²) < 4.78 is 18.4. The molecule has 1 fully saturated rings. The van der Waals surface area contributed by atoms with Crippen molar-refractivity contribution >= 4 is 5.91 Å². The van der Waals surface area contributed by atoms with Crippen LogP contribution in [0, 0.1) is 5.82 Å². The van der Waals surface area contributed by atoms with Gasteiger partial charge in [-0.05, 0) is 61.7 Å². The number of nitrogens with zero attached hydrogens (tertiary/aromatic N) is 1. The number of likely N-dealkylation sites (tertiary alicyclic amines) is 1. The molecule has 0 aliphatic carbocycles. The normalized spacial score (nSPS) is 18.5. The van der Waals surface area contributed by atoms with Crippen LogP contribution in [0.3, 0.4) is 0 Å². The molecule has 138 valence electrons. The van der Waals surface area contributed by atoms with Crippen LogP contribution in [0.1, 0.15) is 43.0 Å². The van der Waals surface area contributed by atoms with Gasteiger partial charge >= 0.3 is 0 Å². The molecule has 2 aromatic rings. The highest BCUT2D eigenvalue weighted by atomic mass is 19.1. The zero-order valence-electron chi connectivity index (χ0n) is 15.2. The number of amides is 1. The van der Waals surface area contributed by atoms with E-state index in [4.69, 9.17) is 4.74 Å². The number of rotatable bonds is 6. The quantitative estimate of drug-likeness (QED) is 0.855. The fourth-order valence-corrected chi connectivity index (χ4v) is 3.55. The Kier molecular flexibility index (Phi) is 5.89. The standard InChI is InChI=1S/C21H25FN2O2/c1-15(16-8-10-18(22)11-9-16)23-21(25)14-24-12-4-7-20(24)17-5-3-6-19(13-17)26-2/h3,5-6,8-11,13,15,20H,4,7,12,14H2,1-2H3,(H,23,25). The Morgan fingerprint density at radius 3 is 2.81 bits per heavy atom. The predicted octanol–water partition coefficient (Wildman–Crippen LogP) is 3.85. The van der Waals surface area contributed by atoms with E-state index in [1.807, 2.05) is 25.1 Å². The largest absolute Gasteiger partial charge is 0.497 e. The van der Waals surface area contributed by atoms with Gasteiger partial charge in [-0.2, -0.15) is 0 Å². The smallest absolute Gasteiger partial charge is 0.234 e. The highest BCUT2D eigenvalue weighted by Gasteiger charge is 2.28. The molecule has 26 heavy (non-hydrogen) atoms. The Labute approximate surface area is 154 Å². The van der Waals surface area contributed by atoms with Crippen LogP contribution in [0.4, 0.5) is 4.39 Å². The fourth-order valence-electron chi connectivity index (χ4n) is 3.55. The van der Waals surface area contributed by atoms with E-state index in [1.165, 1.54) is 17.7 Å². The van der Waals surface area contributed by atoms with E-state index in [0.717, 1.165) is 30.7 Å². The van der Waals surface area contributed by atoms with E-state index in [1.54, 1.807) is 19.2 Å². The molecule has 1 aliphatic rings. The number of methoxy groups -OCH3 is 1. The van der Waals surface area contributed by atoms with E-state index in [0.29, 0.717) is 6.54 Å². The Morgan fingerprint density at radius 1 is 1.31 bits per heavy atom. The lowest BCUT2D eigenvalue weighted by atomic mass is 10.0. The first-order chi connectivity index (χ1) is 12.6. The minimum Gasteiger partial charge on any atom is -0.497 e. The van der Waals surface area contributed by atoms with Gasteiger partial charge in [-0.1, -0.05) is 24.3 Å². The van der Waals surface area contributed by atoms with E-state index in [9.17, 15) is 9.18 Å². The summed E-state index contributed by atoms with van der Waals surface area (Å²) in [6.07, 6.45) is 2.11. The van der Waals surface area contributed by atoms with Crippen LogP contribution >= 0.6 is 0 Å². The van der Waals surface area contributed by atoms with Crippen LogP contribution < -0.4 is 10.1 Å².